The standard InChI is InChI=1S/C35H29N3O5S/c39-27-21-32(38-20-19-31(37-34(38)41)36-33(40)23-11-3-1-4-12-23)43-28(27)22-42-35(24-13-5-2-6-14-24)25-15-7-9-17-29(25)44-30-18-10-8-16-26(30)35/h1-20,27-28,32,39H,21-22H2,(H,36,37,40,41)/t27-,28+,32+/m0/s1. The Balaban J connectivity index is 1.14. The summed E-state index contributed by atoms with van der Waals surface area (Å²) in [5, 5.41) is 13.7. The average molecular weight is 604 g/mol. The zero-order valence-corrected chi connectivity index (χ0v) is 24.4. The van der Waals surface area contributed by atoms with Gasteiger partial charge in [-0.3, -0.25) is 9.36 Å². The Bertz CT molecular complexity index is 1820. The SMILES string of the molecule is O=C(Nc1ccn([C@H]2C[C@H](O)[C@@H](COC3(c4ccccc4)c4ccccc4Sc4ccccc43)O2)c(=O)n1)c1ccccc1. The summed E-state index contributed by atoms with van der Waals surface area (Å²) in [7, 11) is 0. The predicted octanol–water partition coefficient (Wildman–Crippen LogP) is 5.62. The maximum Gasteiger partial charge on any atom is 0.351 e. The van der Waals surface area contributed by atoms with Crippen LogP contribution in [-0.4, -0.2) is 39.4 Å². The Morgan fingerprint density at radius 2 is 1.52 bits per heavy atom. The molecule has 3 heterocycles. The van der Waals surface area contributed by atoms with Crippen LogP contribution in [0.4, 0.5) is 5.82 Å². The Kier molecular flexibility index (Phi) is 7.61. The lowest BCUT2D eigenvalue weighted by Crippen LogP contribution is -2.39. The fourth-order valence-electron chi connectivity index (χ4n) is 5.90. The number of benzene rings is 4. The van der Waals surface area contributed by atoms with Crippen LogP contribution in [0.3, 0.4) is 0 Å². The first-order chi connectivity index (χ1) is 21.5. The number of fused-ring (bicyclic) bond motifs is 2. The number of carbonyl (C=O) groups is 1. The number of hydrogen-bond donors (Lipinski definition) is 2. The van der Waals surface area contributed by atoms with E-state index in [0.29, 0.717) is 5.56 Å². The molecule has 44 heavy (non-hydrogen) atoms. The molecule has 5 aromatic rings. The number of amides is 1. The van der Waals surface area contributed by atoms with Gasteiger partial charge in [-0.05, 0) is 35.9 Å². The average Bonchev–Trinajstić information content (AvgIpc) is 3.43. The summed E-state index contributed by atoms with van der Waals surface area (Å²) in [6.07, 6.45) is -0.606. The molecule has 2 aliphatic heterocycles. The van der Waals surface area contributed by atoms with E-state index in [1.165, 1.54) is 10.8 Å². The van der Waals surface area contributed by atoms with Crippen molar-refractivity contribution in [2.75, 3.05) is 11.9 Å². The lowest BCUT2D eigenvalue weighted by molar-refractivity contribution is -0.0958. The molecule has 1 aromatic heterocycles. The number of anilines is 1. The third-order valence-corrected chi connectivity index (χ3v) is 9.17. The van der Waals surface area contributed by atoms with Crippen LogP contribution in [0.25, 0.3) is 0 Å². The van der Waals surface area contributed by atoms with Crippen LogP contribution < -0.4 is 11.0 Å². The van der Waals surface area contributed by atoms with Crippen LogP contribution in [0.5, 0.6) is 0 Å². The molecule has 7 rings (SSSR count). The number of aromatic nitrogens is 2. The zero-order valence-electron chi connectivity index (χ0n) is 23.6. The number of nitrogens with one attached hydrogen (secondary N) is 1. The van der Waals surface area contributed by atoms with Crippen LogP contribution in [0.2, 0.25) is 0 Å². The third kappa shape index (κ3) is 5.14. The quantitative estimate of drug-likeness (QED) is 0.249. The lowest BCUT2D eigenvalue weighted by atomic mass is 9.79. The first-order valence-corrected chi connectivity index (χ1v) is 15.2. The van der Waals surface area contributed by atoms with Crippen LogP contribution in [0, 0.1) is 0 Å². The molecular formula is C35H29N3O5S. The first kappa shape index (κ1) is 28.2. The minimum Gasteiger partial charge on any atom is -0.390 e. The summed E-state index contributed by atoms with van der Waals surface area (Å²) in [6, 6.07) is 36.7. The fourth-order valence-corrected chi connectivity index (χ4v) is 7.08. The van der Waals surface area contributed by atoms with Crippen molar-refractivity contribution in [1.82, 2.24) is 9.55 Å². The molecule has 4 aromatic carbocycles. The van der Waals surface area contributed by atoms with E-state index in [4.69, 9.17) is 9.47 Å². The van der Waals surface area contributed by atoms with E-state index in [0.717, 1.165) is 26.5 Å². The van der Waals surface area contributed by atoms with Crippen molar-refractivity contribution >= 4 is 23.5 Å². The number of aliphatic hydroxyl groups is 1. The van der Waals surface area contributed by atoms with Gasteiger partial charge in [-0.1, -0.05) is 96.7 Å². The van der Waals surface area contributed by atoms with Crippen LogP contribution in [0.1, 0.15) is 39.7 Å². The van der Waals surface area contributed by atoms with Crippen molar-refractivity contribution in [3.8, 4) is 0 Å². The van der Waals surface area contributed by atoms with Gasteiger partial charge in [-0.15, -0.1) is 0 Å². The maximum atomic E-state index is 13.0. The largest absolute Gasteiger partial charge is 0.390 e. The van der Waals surface area contributed by atoms with E-state index in [2.05, 4.69) is 46.7 Å². The molecule has 0 saturated carbocycles. The van der Waals surface area contributed by atoms with Crippen molar-refractivity contribution < 1.29 is 19.4 Å². The molecule has 8 nitrogen and oxygen atoms in total. The van der Waals surface area contributed by atoms with Crippen LogP contribution in [-0.2, 0) is 15.1 Å². The molecule has 1 amide bonds. The third-order valence-electron chi connectivity index (χ3n) is 8.02. The molecule has 3 atom stereocenters. The van der Waals surface area contributed by atoms with Gasteiger partial charge in [0.25, 0.3) is 5.91 Å². The summed E-state index contributed by atoms with van der Waals surface area (Å²) < 4.78 is 14.5. The predicted molar refractivity (Wildman–Crippen MR) is 167 cm³/mol. The summed E-state index contributed by atoms with van der Waals surface area (Å²) in [6.45, 7) is 0.0767. The second-order valence-corrected chi connectivity index (χ2v) is 11.8. The van der Waals surface area contributed by atoms with Gasteiger partial charge < -0.3 is 19.9 Å². The Morgan fingerprint density at radius 3 is 2.18 bits per heavy atom. The van der Waals surface area contributed by atoms with Gasteiger partial charge in [0.2, 0.25) is 0 Å². The summed E-state index contributed by atoms with van der Waals surface area (Å²) in [5.41, 5.74) is 1.94. The Morgan fingerprint density at radius 1 is 0.909 bits per heavy atom. The van der Waals surface area contributed by atoms with Crippen LogP contribution >= 0.6 is 11.8 Å². The van der Waals surface area contributed by atoms with Gasteiger partial charge >= 0.3 is 5.69 Å². The molecule has 0 radical (unpaired) electrons. The smallest absolute Gasteiger partial charge is 0.351 e. The van der Waals surface area contributed by atoms with Crippen molar-refractivity contribution in [3.05, 3.63) is 154 Å². The molecule has 220 valence electrons. The molecule has 9 heteroatoms. The van der Waals surface area contributed by atoms with Crippen molar-refractivity contribution in [2.45, 2.75) is 40.2 Å². The number of ether oxygens (including phenoxy) is 2. The molecule has 0 spiro atoms. The van der Waals surface area contributed by atoms with E-state index < -0.39 is 29.7 Å². The van der Waals surface area contributed by atoms with E-state index >= 15 is 0 Å². The summed E-state index contributed by atoms with van der Waals surface area (Å²) in [4.78, 5) is 31.7. The van der Waals surface area contributed by atoms with E-state index in [1.54, 1.807) is 42.1 Å². The monoisotopic (exact) mass is 603 g/mol. The van der Waals surface area contributed by atoms with Gasteiger partial charge in [0.1, 0.15) is 23.8 Å². The fraction of sp³-hybridized carbons (Fsp3) is 0.171. The van der Waals surface area contributed by atoms with E-state index in [9.17, 15) is 14.7 Å². The molecule has 1 fully saturated rings. The highest BCUT2D eigenvalue weighted by Gasteiger charge is 2.46. The Labute approximate surface area is 258 Å². The normalized spacial score (nSPS) is 20.0. The van der Waals surface area contributed by atoms with Gasteiger partial charge in [0.15, 0.2) is 0 Å². The first-order valence-electron chi connectivity index (χ1n) is 14.4. The number of hydrogen-bond acceptors (Lipinski definition) is 7. The number of nitrogens with zero attached hydrogens (tertiary/aromatic N) is 2. The highest BCUT2D eigenvalue weighted by Crippen LogP contribution is 2.53. The van der Waals surface area contributed by atoms with Crippen molar-refractivity contribution in [3.63, 3.8) is 0 Å². The minimum absolute atomic E-state index is 0.0767. The second-order valence-electron chi connectivity index (χ2n) is 10.7. The van der Waals surface area contributed by atoms with E-state index in [1.807, 2.05) is 48.5 Å². The number of carbonyl (C=O) groups excluding carboxylic acids is 1. The maximum absolute atomic E-state index is 13.0. The molecule has 2 N–H and O–H groups in total. The highest BCUT2D eigenvalue weighted by molar-refractivity contribution is 7.99. The van der Waals surface area contributed by atoms with Gasteiger partial charge in [-0.2, -0.15) is 4.98 Å². The molecule has 1 saturated heterocycles. The summed E-state index contributed by atoms with van der Waals surface area (Å²) in [5.74, 6) is -0.229. The minimum atomic E-state index is -0.933. The molecule has 2 aliphatic rings. The van der Waals surface area contributed by atoms with Gasteiger partial charge in [0.05, 0.1) is 12.7 Å². The van der Waals surface area contributed by atoms with Crippen LogP contribution in [0.15, 0.2) is 136 Å². The van der Waals surface area contributed by atoms with Crippen molar-refractivity contribution in [1.29, 1.82) is 0 Å². The summed E-state index contributed by atoms with van der Waals surface area (Å²) >= 11 is 1.71. The highest BCUT2D eigenvalue weighted by atomic mass is 32.2. The lowest BCUT2D eigenvalue weighted by Gasteiger charge is -2.41. The molecular weight excluding hydrogens is 574 g/mol. The van der Waals surface area contributed by atoms with Crippen molar-refractivity contribution in [2.24, 2.45) is 0 Å². The molecule has 0 unspecified atom stereocenters. The number of rotatable bonds is 7. The van der Waals surface area contributed by atoms with E-state index in [-0.39, 0.29) is 24.8 Å². The zero-order chi connectivity index (χ0) is 30.1. The molecule has 0 bridgehead atoms. The number of aliphatic hydroxyl groups excluding tert-OH is 1. The second kappa shape index (κ2) is 11.9. The Hall–Kier alpha value is -4.54. The van der Waals surface area contributed by atoms with Gasteiger partial charge in [0, 0.05) is 39.1 Å². The topological polar surface area (TPSA) is 103 Å². The molecule has 0 aliphatic carbocycles. The van der Waals surface area contributed by atoms with Gasteiger partial charge in [-0.25, -0.2) is 4.79 Å².